The molecule has 0 spiro atoms. The fraction of sp³-hybridized carbons (Fsp3) is 0.667. The number of aromatic nitrogens is 1. The number of halogens is 1. The minimum atomic E-state index is 0.714. The lowest BCUT2D eigenvalue weighted by Crippen LogP contribution is -2.33. The predicted octanol–water partition coefficient (Wildman–Crippen LogP) is 3.93. The fourth-order valence-corrected chi connectivity index (χ4v) is 3.00. The number of nitrogens with one attached hydrogen (secondary N) is 1. The first kappa shape index (κ1) is 14.6. The number of hydrogen-bond donors (Lipinski definition) is 1. The van der Waals surface area contributed by atoms with Crippen LogP contribution in [0.1, 0.15) is 45.2 Å². The van der Waals surface area contributed by atoms with Crippen LogP contribution >= 0.6 is 11.6 Å². The summed E-state index contributed by atoms with van der Waals surface area (Å²) in [6.07, 6.45) is 5.36. The molecule has 0 atom stereocenters. The molecule has 0 bridgehead atoms. The molecule has 1 fully saturated rings. The van der Waals surface area contributed by atoms with Crippen LogP contribution in [0.15, 0.2) is 12.1 Å². The second-order valence-electron chi connectivity index (χ2n) is 5.16. The van der Waals surface area contributed by atoms with E-state index < -0.39 is 0 Å². The van der Waals surface area contributed by atoms with E-state index in [9.17, 15) is 0 Å². The minimum Gasteiger partial charge on any atom is -0.370 e. The molecule has 0 saturated heterocycles. The first-order chi connectivity index (χ1) is 9.24. The summed E-state index contributed by atoms with van der Waals surface area (Å²) in [4.78, 5) is 7.15. The Morgan fingerprint density at radius 2 is 2.05 bits per heavy atom. The van der Waals surface area contributed by atoms with Gasteiger partial charge >= 0.3 is 0 Å². The average Bonchev–Trinajstić information content (AvgIpc) is 2.93. The van der Waals surface area contributed by atoms with E-state index in [0.717, 1.165) is 36.2 Å². The summed E-state index contributed by atoms with van der Waals surface area (Å²) in [5, 5.41) is 4.02. The highest BCUT2D eigenvalue weighted by Gasteiger charge is 2.22. The van der Waals surface area contributed by atoms with E-state index in [2.05, 4.69) is 29.0 Å². The van der Waals surface area contributed by atoms with E-state index >= 15 is 0 Å². The molecule has 2 rings (SSSR count). The van der Waals surface area contributed by atoms with Gasteiger partial charge in [0.05, 0.1) is 10.7 Å². The van der Waals surface area contributed by atoms with E-state index in [4.69, 9.17) is 11.6 Å². The van der Waals surface area contributed by atoms with Crippen LogP contribution in [0.2, 0.25) is 5.02 Å². The maximum Gasteiger partial charge on any atom is 0.126 e. The summed E-state index contributed by atoms with van der Waals surface area (Å²) >= 11 is 6.29. The molecule has 1 saturated carbocycles. The van der Waals surface area contributed by atoms with Crippen molar-refractivity contribution in [1.82, 2.24) is 9.88 Å². The van der Waals surface area contributed by atoms with Gasteiger partial charge in [-0.25, -0.2) is 4.98 Å². The van der Waals surface area contributed by atoms with Crippen molar-refractivity contribution in [3.05, 3.63) is 22.8 Å². The quantitative estimate of drug-likeness (QED) is 0.856. The molecule has 1 aromatic rings. The van der Waals surface area contributed by atoms with Crippen LogP contribution < -0.4 is 5.32 Å². The van der Waals surface area contributed by atoms with E-state index in [1.165, 1.54) is 25.7 Å². The topological polar surface area (TPSA) is 28.2 Å². The van der Waals surface area contributed by atoms with Crippen molar-refractivity contribution in [2.75, 3.05) is 18.4 Å². The minimum absolute atomic E-state index is 0.714. The molecule has 0 amide bonds. The van der Waals surface area contributed by atoms with E-state index in [1.807, 2.05) is 12.1 Å². The van der Waals surface area contributed by atoms with Crippen molar-refractivity contribution in [1.29, 1.82) is 0 Å². The Hall–Kier alpha value is -0.800. The molecule has 0 aliphatic heterocycles. The van der Waals surface area contributed by atoms with Crippen molar-refractivity contribution in [3.63, 3.8) is 0 Å². The Morgan fingerprint density at radius 3 is 2.68 bits per heavy atom. The number of nitrogens with zero attached hydrogens (tertiary/aromatic N) is 2. The van der Waals surface area contributed by atoms with Gasteiger partial charge in [-0.05, 0) is 38.4 Å². The smallest absolute Gasteiger partial charge is 0.126 e. The Kier molecular flexibility index (Phi) is 5.46. The molecule has 0 radical (unpaired) electrons. The third kappa shape index (κ3) is 3.83. The Morgan fingerprint density at radius 1 is 1.32 bits per heavy atom. The molecule has 0 aromatic carbocycles. The van der Waals surface area contributed by atoms with Crippen LogP contribution in [-0.4, -0.2) is 29.0 Å². The van der Waals surface area contributed by atoms with Crippen molar-refractivity contribution >= 4 is 17.4 Å². The molecule has 0 unspecified atom stereocenters. The van der Waals surface area contributed by atoms with Crippen LogP contribution in [0.5, 0.6) is 0 Å². The molecule has 1 aromatic heterocycles. The van der Waals surface area contributed by atoms with E-state index in [0.29, 0.717) is 6.04 Å². The third-order valence-electron chi connectivity index (χ3n) is 3.88. The second kappa shape index (κ2) is 7.11. The highest BCUT2D eigenvalue weighted by molar-refractivity contribution is 6.31. The second-order valence-corrected chi connectivity index (χ2v) is 5.56. The SMILES string of the molecule is CCNc1ccc(Cl)c(CN(CC)C2CCCC2)n1. The normalized spacial score (nSPS) is 16.2. The average molecular weight is 282 g/mol. The van der Waals surface area contributed by atoms with Crippen molar-refractivity contribution < 1.29 is 0 Å². The summed E-state index contributed by atoms with van der Waals surface area (Å²) in [7, 11) is 0. The zero-order valence-corrected chi connectivity index (χ0v) is 12.7. The molecule has 4 heteroatoms. The largest absolute Gasteiger partial charge is 0.370 e. The van der Waals surface area contributed by atoms with Crippen LogP contribution in [0.25, 0.3) is 0 Å². The van der Waals surface area contributed by atoms with Gasteiger partial charge in [-0.15, -0.1) is 0 Å². The number of rotatable bonds is 6. The van der Waals surface area contributed by atoms with Crippen LogP contribution in [-0.2, 0) is 6.54 Å². The molecular weight excluding hydrogens is 258 g/mol. The molecular formula is C15H24ClN3. The maximum absolute atomic E-state index is 6.29. The van der Waals surface area contributed by atoms with Crippen molar-refractivity contribution in [2.24, 2.45) is 0 Å². The summed E-state index contributed by atoms with van der Waals surface area (Å²) < 4.78 is 0. The molecule has 106 valence electrons. The van der Waals surface area contributed by atoms with Crippen LogP contribution in [0.3, 0.4) is 0 Å². The van der Waals surface area contributed by atoms with E-state index in [-0.39, 0.29) is 0 Å². The van der Waals surface area contributed by atoms with E-state index in [1.54, 1.807) is 0 Å². The zero-order chi connectivity index (χ0) is 13.7. The lowest BCUT2D eigenvalue weighted by Gasteiger charge is -2.27. The van der Waals surface area contributed by atoms with Gasteiger partial charge < -0.3 is 5.32 Å². The Balaban J connectivity index is 2.09. The molecule has 3 nitrogen and oxygen atoms in total. The maximum atomic E-state index is 6.29. The standard InChI is InChI=1S/C15H24ClN3/c1-3-17-15-10-9-13(16)14(18-15)11-19(4-2)12-7-5-6-8-12/h9-10,12H,3-8,11H2,1-2H3,(H,17,18). The molecule has 1 heterocycles. The Labute approximate surface area is 121 Å². The van der Waals surface area contributed by atoms with Gasteiger partial charge in [0.25, 0.3) is 0 Å². The summed E-state index contributed by atoms with van der Waals surface area (Å²) in [5.41, 5.74) is 0.994. The lowest BCUT2D eigenvalue weighted by atomic mass is 10.2. The van der Waals surface area contributed by atoms with Gasteiger partial charge in [-0.3, -0.25) is 4.90 Å². The monoisotopic (exact) mass is 281 g/mol. The molecule has 1 aliphatic carbocycles. The number of hydrogen-bond acceptors (Lipinski definition) is 3. The zero-order valence-electron chi connectivity index (χ0n) is 12.0. The predicted molar refractivity (Wildman–Crippen MR) is 81.8 cm³/mol. The van der Waals surface area contributed by atoms with Gasteiger partial charge in [0.15, 0.2) is 0 Å². The summed E-state index contributed by atoms with van der Waals surface area (Å²) in [6, 6.07) is 4.61. The van der Waals surface area contributed by atoms with Crippen LogP contribution in [0, 0.1) is 0 Å². The summed E-state index contributed by atoms with van der Waals surface area (Å²) in [6.45, 7) is 7.11. The lowest BCUT2D eigenvalue weighted by molar-refractivity contribution is 0.198. The first-order valence-corrected chi connectivity index (χ1v) is 7.75. The fourth-order valence-electron chi connectivity index (χ4n) is 2.84. The van der Waals surface area contributed by atoms with Gasteiger partial charge in [-0.2, -0.15) is 0 Å². The van der Waals surface area contributed by atoms with Gasteiger partial charge in [-0.1, -0.05) is 31.4 Å². The van der Waals surface area contributed by atoms with Crippen molar-refractivity contribution in [3.8, 4) is 0 Å². The summed E-state index contributed by atoms with van der Waals surface area (Å²) in [5.74, 6) is 0.921. The number of anilines is 1. The Bertz CT molecular complexity index is 402. The van der Waals surface area contributed by atoms with Gasteiger partial charge in [0, 0.05) is 19.1 Å². The van der Waals surface area contributed by atoms with Gasteiger partial charge in [0.2, 0.25) is 0 Å². The molecule has 1 N–H and O–H groups in total. The molecule has 19 heavy (non-hydrogen) atoms. The van der Waals surface area contributed by atoms with Gasteiger partial charge in [0.1, 0.15) is 5.82 Å². The highest BCUT2D eigenvalue weighted by atomic mass is 35.5. The third-order valence-corrected chi connectivity index (χ3v) is 4.22. The van der Waals surface area contributed by atoms with Crippen LogP contribution in [0.4, 0.5) is 5.82 Å². The van der Waals surface area contributed by atoms with Crippen molar-refractivity contribution in [2.45, 2.75) is 52.1 Å². The highest BCUT2D eigenvalue weighted by Crippen LogP contribution is 2.26. The number of pyridine rings is 1. The first-order valence-electron chi connectivity index (χ1n) is 7.38. The molecule has 1 aliphatic rings.